The zero-order valence-electron chi connectivity index (χ0n) is 23.4. The molecule has 1 aliphatic heterocycles. The van der Waals surface area contributed by atoms with Gasteiger partial charge in [0, 0.05) is 33.0 Å². The predicted octanol–water partition coefficient (Wildman–Crippen LogP) is 5.97. The van der Waals surface area contributed by atoms with Crippen molar-refractivity contribution in [3.05, 3.63) is 107 Å². The van der Waals surface area contributed by atoms with Crippen LogP contribution in [0.3, 0.4) is 0 Å². The van der Waals surface area contributed by atoms with Crippen LogP contribution in [0, 0.1) is 11.3 Å². The van der Waals surface area contributed by atoms with Crippen molar-refractivity contribution in [2.75, 3.05) is 20.1 Å². The van der Waals surface area contributed by atoms with Crippen LogP contribution < -0.4 is 5.32 Å². The summed E-state index contributed by atoms with van der Waals surface area (Å²) in [6, 6.07) is 19.3. The molecule has 4 rings (SSSR count). The predicted molar refractivity (Wildman–Crippen MR) is 157 cm³/mol. The lowest BCUT2D eigenvalue weighted by molar-refractivity contribution is -0.134. The average molecular weight is 538 g/mol. The van der Waals surface area contributed by atoms with E-state index in [2.05, 4.69) is 29.6 Å². The number of likely N-dealkylation sites (N-methyl/N-ethyl adjacent to an activating group) is 1. The Bertz CT molecular complexity index is 1270. The van der Waals surface area contributed by atoms with Gasteiger partial charge >= 0.3 is 0 Å². The highest BCUT2D eigenvalue weighted by molar-refractivity contribution is 5.85. The third-order valence-electron chi connectivity index (χ3n) is 7.47. The maximum absolute atomic E-state index is 13.4. The molecule has 1 saturated heterocycles. The van der Waals surface area contributed by atoms with Gasteiger partial charge in [0.25, 0.3) is 5.91 Å². The van der Waals surface area contributed by atoms with Gasteiger partial charge in [0.05, 0.1) is 17.7 Å². The minimum Gasteiger partial charge on any atom is -0.481 e. The summed E-state index contributed by atoms with van der Waals surface area (Å²) >= 11 is 0. The molecule has 6 nitrogen and oxygen atoms in total. The first-order valence-electron chi connectivity index (χ1n) is 14.3. The van der Waals surface area contributed by atoms with Crippen LogP contribution in [0.1, 0.15) is 67.7 Å². The number of benzene rings is 2. The number of hydrogen-bond donors (Lipinski definition) is 1. The summed E-state index contributed by atoms with van der Waals surface area (Å²) in [5, 5.41) is 12.5. The van der Waals surface area contributed by atoms with E-state index < -0.39 is 6.10 Å². The van der Waals surface area contributed by atoms with Crippen molar-refractivity contribution in [2.24, 2.45) is 0 Å². The fourth-order valence-corrected chi connectivity index (χ4v) is 5.09. The molecule has 0 unspecified atom stereocenters. The topological polar surface area (TPSA) is 82.4 Å². The third-order valence-corrected chi connectivity index (χ3v) is 7.47. The number of ketones is 1. The quantitative estimate of drug-likeness (QED) is 0.361. The van der Waals surface area contributed by atoms with E-state index in [1.165, 1.54) is 5.57 Å². The molecule has 0 radical (unpaired) electrons. The highest BCUT2D eigenvalue weighted by atomic mass is 16.5. The highest BCUT2D eigenvalue weighted by Crippen LogP contribution is 2.22. The molecule has 40 heavy (non-hydrogen) atoms. The molecule has 1 amide bonds. The van der Waals surface area contributed by atoms with Crippen molar-refractivity contribution in [3.8, 4) is 6.07 Å². The minimum absolute atomic E-state index is 0.0435. The average Bonchev–Trinajstić information content (AvgIpc) is 3.35. The zero-order chi connectivity index (χ0) is 28.2. The number of ether oxygens (including phenoxy) is 1. The van der Waals surface area contributed by atoms with Gasteiger partial charge in [-0.25, -0.2) is 0 Å². The van der Waals surface area contributed by atoms with Gasteiger partial charge in [-0.1, -0.05) is 60.2 Å². The number of nitrogens with one attached hydrogen (secondary N) is 1. The van der Waals surface area contributed by atoms with E-state index in [4.69, 9.17) is 10.00 Å². The molecule has 1 aliphatic carbocycles. The normalized spacial score (nSPS) is 19.4. The fraction of sp³-hybridized carbons (Fsp3) is 0.382. The lowest BCUT2D eigenvalue weighted by Gasteiger charge is -2.18. The van der Waals surface area contributed by atoms with Gasteiger partial charge in [-0.05, 0) is 73.9 Å². The molecule has 0 bridgehead atoms. The Morgan fingerprint density at radius 2 is 1.85 bits per heavy atom. The van der Waals surface area contributed by atoms with Gasteiger partial charge in [0.1, 0.15) is 5.76 Å². The van der Waals surface area contributed by atoms with Crippen molar-refractivity contribution in [1.29, 1.82) is 5.26 Å². The Labute approximate surface area is 238 Å². The molecular formula is C34H39N3O3. The van der Waals surface area contributed by atoms with E-state index in [0.717, 1.165) is 68.4 Å². The van der Waals surface area contributed by atoms with Crippen LogP contribution in [0.5, 0.6) is 0 Å². The Morgan fingerprint density at radius 1 is 1.07 bits per heavy atom. The van der Waals surface area contributed by atoms with Crippen molar-refractivity contribution in [2.45, 2.75) is 63.5 Å². The van der Waals surface area contributed by atoms with Gasteiger partial charge in [0.2, 0.25) is 0 Å². The van der Waals surface area contributed by atoms with E-state index in [9.17, 15) is 9.59 Å². The maximum Gasteiger partial charge on any atom is 0.263 e. The summed E-state index contributed by atoms with van der Waals surface area (Å²) in [7, 11) is 1.81. The summed E-state index contributed by atoms with van der Waals surface area (Å²) in [6.45, 7) is 1.40. The molecule has 1 fully saturated rings. The third kappa shape index (κ3) is 8.53. The molecule has 2 atom stereocenters. The van der Waals surface area contributed by atoms with E-state index in [0.29, 0.717) is 18.5 Å². The number of nitriles is 1. The number of rotatable bonds is 12. The molecule has 0 aromatic heterocycles. The largest absolute Gasteiger partial charge is 0.481 e. The van der Waals surface area contributed by atoms with E-state index in [1.807, 2.05) is 67.7 Å². The second kappa shape index (κ2) is 15.0. The van der Waals surface area contributed by atoms with Crippen LogP contribution in [0.25, 0.3) is 0 Å². The van der Waals surface area contributed by atoms with Gasteiger partial charge in [-0.2, -0.15) is 5.26 Å². The lowest BCUT2D eigenvalue weighted by atomic mass is 9.97. The first-order chi connectivity index (χ1) is 19.5. The summed E-state index contributed by atoms with van der Waals surface area (Å²) < 4.78 is 6.06. The van der Waals surface area contributed by atoms with Crippen molar-refractivity contribution in [1.82, 2.24) is 10.2 Å². The van der Waals surface area contributed by atoms with Crippen LogP contribution in [-0.2, 0) is 20.7 Å². The Hall–Kier alpha value is -3.95. The van der Waals surface area contributed by atoms with Crippen LogP contribution in [0.4, 0.5) is 0 Å². The van der Waals surface area contributed by atoms with Crippen LogP contribution in [0.2, 0.25) is 0 Å². The SMILES string of the molecule is CN1CC[C@@H](OC2=CCCC/C=C(\CCCC(=O)[C@@H](NCCc3ccc(C#N)cc3)c3ccccc3)C=C2)C1=O. The first kappa shape index (κ1) is 29.0. The molecule has 2 aromatic rings. The molecule has 0 spiro atoms. The second-order valence-electron chi connectivity index (χ2n) is 10.5. The van der Waals surface area contributed by atoms with Crippen LogP contribution >= 0.6 is 0 Å². The number of Topliss-reactive ketones (excluding diaryl/α,β-unsaturated/α-hetero) is 1. The number of allylic oxidation sites excluding steroid dienone is 5. The molecule has 1 N–H and O–H groups in total. The van der Waals surface area contributed by atoms with E-state index >= 15 is 0 Å². The number of nitrogens with zero attached hydrogens (tertiary/aromatic N) is 2. The molecule has 2 aromatic carbocycles. The number of likely N-dealkylation sites (tertiary alicyclic amines) is 1. The minimum atomic E-state index is -0.397. The standard InChI is InChI=1S/C34H39N3O3/c1-37-24-22-32(34(37)39)40-30-13-7-2-4-9-26(19-20-30)10-8-14-31(38)33(29-11-5-3-6-12-29)36-23-21-27-15-17-28(25-35)18-16-27/h3,5-6,9,11-13,15-20,32-33,36H,2,4,7-8,10,14,21-24H2,1H3/b20-19?,26-9+,30-13?/t32-,33+/m1/s1. The van der Waals surface area contributed by atoms with Crippen LogP contribution in [0.15, 0.2) is 90.2 Å². The monoisotopic (exact) mass is 537 g/mol. The molecule has 208 valence electrons. The first-order valence-corrected chi connectivity index (χ1v) is 14.3. The summed E-state index contributed by atoms with van der Waals surface area (Å²) in [5.74, 6) is 0.988. The van der Waals surface area contributed by atoms with E-state index in [1.54, 1.807) is 4.90 Å². The van der Waals surface area contributed by atoms with Gasteiger partial charge in [-0.3, -0.25) is 9.59 Å². The number of hydrogen-bond acceptors (Lipinski definition) is 5. The zero-order valence-corrected chi connectivity index (χ0v) is 23.4. The molecular weight excluding hydrogens is 498 g/mol. The maximum atomic E-state index is 13.4. The highest BCUT2D eigenvalue weighted by Gasteiger charge is 2.31. The number of carbonyl (C=O) groups excluding carboxylic acids is 2. The molecule has 0 saturated carbocycles. The van der Waals surface area contributed by atoms with Crippen molar-refractivity contribution >= 4 is 11.7 Å². The van der Waals surface area contributed by atoms with Gasteiger partial charge in [0.15, 0.2) is 11.9 Å². The summed E-state index contributed by atoms with van der Waals surface area (Å²) in [4.78, 5) is 27.4. The Kier molecular flexibility index (Phi) is 10.9. The smallest absolute Gasteiger partial charge is 0.263 e. The second-order valence-corrected chi connectivity index (χ2v) is 10.5. The number of carbonyl (C=O) groups is 2. The lowest BCUT2D eigenvalue weighted by Crippen LogP contribution is -2.30. The Balaban J connectivity index is 1.31. The molecule has 6 heteroatoms. The summed E-state index contributed by atoms with van der Waals surface area (Å²) in [5.41, 5.74) is 3.96. The van der Waals surface area contributed by atoms with Crippen LogP contribution in [-0.4, -0.2) is 42.8 Å². The Morgan fingerprint density at radius 3 is 2.58 bits per heavy atom. The van der Waals surface area contributed by atoms with Crippen molar-refractivity contribution < 1.29 is 14.3 Å². The molecule has 2 aliphatic rings. The molecule has 1 heterocycles. The fourth-order valence-electron chi connectivity index (χ4n) is 5.09. The van der Waals surface area contributed by atoms with Gasteiger partial charge in [-0.15, -0.1) is 0 Å². The number of amides is 1. The van der Waals surface area contributed by atoms with E-state index in [-0.39, 0.29) is 17.7 Å². The van der Waals surface area contributed by atoms with Crippen molar-refractivity contribution in [3.63, 3.8) is 0 Å². The summed E-state index contributed by atoms with van der Waals surface area (Å²) in [6.07, 6.45) is 14.5. The van der Waals surface area contributed by atoms with Gasteiger partial charge < -0.3 is 15.0 Å².